The van der Waals surface area contributed by atoms with E-state index >= 15 is 0 Å². The summed E-state index contributed by atoms with van der Waals surface area (Å²) in [5.41, 5.74) is 0. The van der Waals surface area contributed by atoms with E-state index in [2.05, 4.69) is 0 Å². The van der Waals surface area contributed by atoms with Crippen LogP contribution in [0.2, 0.25) is 0 Å². The third-order valence-corrected chi connectivity index (χ3v) is 2.74. The van der Waals surface area contributed by atoms with Crippen molar-refractivity contribution in [3.63, 3.8) is 0 Å². The molecule has 0 bridgehead atoms. The van der Waals surface area contributed by atoms with Crippen molar-refractivity contribution in [3.8, 4) is 0 Å². The number of aliphatic hydroxyl groups excluding tert-OH is 3. The topological polar surface area (TPSA) is 73.2 Å². The number of methoxy groups -OCH3 is 1. The molecule has 0 aromatic carbocycles. The molecule has 0 aromatic heterocycles. The van der Waals surface area contributed by atoms with Crippen LogP contribution in [0.3, 0.4) is 0 Å². The van der Waals surface area contributed by atoms with E-state index in [1.54, 1.807) is 7.11 Å². The van der Waals surface area contributed by atoms with Crippen LogP contribution in [0.5, 0.6) is 0 Å². The van der Waals surface area contributed by atoms with Crippen LogP contribution in [0.25, 0.3) is 0 Å². The normalized spacial score (nSPS) is 34.7. The third kappa shape index (κ3) is 2.65. The van der Waals surface area contributed by atoms with Crippen LogP contribution in [0.15, 0.2) is 0 Å². The zero-order chi connectivity index (χ0) is 10.6. The van der Waals surface area contributed by atoms with Crippen molar-refractivity contribution in [3.05, 3.63) is 0 Å². The first kappa shape index (κ1) is 11.9. The van der Waals surface area contributed by atoms with Crippen LogP contribution in [0.1, 0.15) is 6.42 Å². The number of likely N-dealkylation sites (tertiary alicyclic amines) is 1. The van der Waals surface area contributed by atoms with Gasteiger partial charge in [-0.05, 0) is 6.42 Å². The highest BCUT2D eigenvalue weighted by atomic mass is 16.5. The van der Waals surface area contributed by atoms with Gasteiger partial charge in [0.05, 0.1) is 31.5 Å². The summed E-state index contributed by atoms with van der Waals surface area (Å²) in [7, 11) is 1.61. The molecule has 14 heavy (non-hydrogen) atoms. The van der Waals surface area contributed by atoms with Gasteiger partial charge in [0.2, 0.25) is 0 Å². The molecule has 5 nitrogen and oxygen atoms in total. The molecule has 1 aliphatic rings. The zero-order valence-corrected chi connectivity index (χ0v) is 8.46. The highest BCUT2D eigenvalue weighted by Crippen LogP contribution is 2.17. The van der Waals surface area contributed by atoms with Crippen molar-refractivity contribution in [2.75, 3.05) is 33.4 Å². The lowest BCUT2D eigenvalue weighted by Gasteiger charge is -2.40. The Bertz CT molecular complexity index is 165. The Morgan fingerprint density at radius 1 is 1.43 bits per heavy atom. The number of aliphatic hydroxyl groups is 3. The predicted molar refractivity (Wildman–Crippen MR) is 51.0 cm³/mol. The van der Waals surface area contributed by atoms with Gasteiger partial charge in [-0.15, -0.1) is 0 Å². The van der Waals surface area contributed by atoms with E-state index in [9.17, 15) is 10.2 Å². The minimum absolute atomic E-state index is 0.137. The monoisotopic (exact) mass is 205 g/mol. The van der Waals surface area contributed by atoms with E-state index in [0.717, 1.165) is 0 Å². The SMILES string of the molecule is COCCN1CCC(O)C(O)C1CO. The van der Waals surface area contributed by atoms with Gasteiger partial charge in [-0.2, -0.15) is 0 Å². The minimum Gasteiger partial charge on any atom is -0.395 e. The molecular formula is C9H19NO4. The Labute approximate surface area is 83.9 Å². The molecule has 0 radical (unpaired) electrons. The molecule has 84 valence electrons. The number of piperidine rings is 1. The Morgan fingerprint density at radius 2 is 2.14 bits per heavy atom. The molecule has 3 unspecified atom stereocenters. The van der Waals surface area contributed by atoms with Gasteiger partial charge in [0.15, 0.2) is 0 Å². The van der Waals surface area contributed by atoms with Crippen molar-refractivity contribution in [1.29, 1.82) is 0 Å². The molecule has 1 aliphatic heterocycles. The molecule has 0 aliphatic carbocycles. The second-order valence-electron chi connectivity index (χ2n) is 3.63. The van der Waals surface area contributed by atoms with E-state index < -0.39 is 12.2 Å². The summed E-state index contributed by atoms with van der Waals surface area (Å²) in [6.07, 6.45) is -1.03. The number of nitrogens with zero attached hydrogens (tertiary/aromatic N) is 1. The van der Waals surface area contributed by atoms with Gasteiger partial charge in [0.25, 0.3) is 0 Å². The molecule has 0 amide bonds. The molecular weight excluding hydrogens is 186 g/mol. The molecule has 0 aromatic rings. The fourth-order valence-corrected chi connectivity index (χ4v) is 1.82. The highest BCUT2D eigenvalue weighted by Gasteiger charge is 2.35. The van der Waals surface area contributed by atoms with Gasteiger partial charge >= 0.3 is 0 Å². The van der Waals surface area contributed by atoms with Crippen LogP contribution >= 0.6 is 0 Å². The number of hydrogen-bond acceptors (Lipinski definition) is 5. The number of ether oxygens (including phenoxy) is 1. The molecule has 0 spiro atoms. The molecule has 3 N–H and O–H groups in total. The maximum atomic E-state index is 9.61. The summed E-state index contributed by atoms with van der Waals surface area (Å²) < 4.78 is 4.93. The van der Waals surface area contributed by atoms with E-state index in [1.165, 1.54) is 0 Å². The second-order valence-corrected chi connectivity index (χ2v) is 3.63. The summed E-state index contributed by atoms with van der Waals surface area (Å²) in [5.74, 6) is 0. The first-order chi connectivity index (χ1) is 6.70. The van der Waals surface area contributed by atoms with Crippen molar-refractivity contribution in [1.82, 2.24) is 4.90 Å². The van der Waals surface area contributed by atoms with Gasteiger partial charge in [0, 0.05) is 20.2 Å². The molecule has 0 saturated carbocycles. The third-order valence-electron chi connectivity index (χ3n) is 2.74. The lowest BCUT2D eigenvalue weighted by atomic mass is 9.96. The lowest BCUT2D eigenvalue weighted by Crippen LogP contribution is -2.56. The van der Waals surface area contributed by atoms with Crippen molar-refractivity contribution >= 4 is 0 Å². The first-order valence-electron chi connectivity index (χ1n) is 4.90. The summed E-state index contributed by atoms with van der Waals surface area (Å²) in [5, 5.41) is 28.1. The van der Waals surface area contributed by atoms with Crippen molar-refractivity contribution < 1.29 is 20.1 Å². The molecule has 5 heteroatoms. The van der Waals surface area contributed by atoms with E-state index in [1.807, 2.05) is 4.90 Å². The summed E-state index contributed by atoms with van der Waals surface area (Å²) in [6.45, 7) is 1.79. The molecule has 1 rings (SSSR count). The fraction of sp³-hybridized carbons (Fsp3) is 1.00. The summed E-state index contributed by atoms with van der Waals surface area (Å²) in [4.78, 5) is 1.95. The van der Waals surface area contributed by atoms with Crippen LogP contribution in [0.4, 0.5) is 0 Å². The molecule has 1 saturated heterocycles. The Morgan fingerprint density at radius 3 is 2.71 bits per heavy atom. The minimum atomic E-state index is -0.856. The van der Waals surface area contributed by atoms with Gasteiger partial charge < -0.3 is 20.1 Å². The van der Waals surface area contributed by atoms with E-state index in [-0.39, 0.29) is 12.6 Å². The number of hydrogen-bond donors (Lipinski definition) is 3. The van der Waals surface area contributed by atoms with Gasteiger partial charge in [-0.3, -0.25) is 4.90 Å². The highest BCUT2D eigenvalue weighted by molar-refractivity contribution is 4.88. The van der Waals surface area contributed by atoms with Crippen LogP contribution in [-0.2, 0) is 4.74 Å². The van der Waals surface area contributed by atoms with E-state index in [0.29, 0.717) is 26.1 Å². The Balaban J connectivity index is 2.48. The molecule has 1 fully saturated rings. The van der Waals surface area contributed by atoms with Gasteiger partial charge in [0.1, 0.15) is 0 Å². The maximum absolute atomic E-state index is 9.61. The smallest absolute Gasteiger partial charge is 0.0976 e. The van der Waals surface area contributed by atoms with Gasteiger partial charge in [-0.25, -0.2) is 0 Å². The quantitative estimate of drug-likeness (QED) is 0.516. The summed E-state index contributed by atoms with van der Waals surface area (Å²) >= 11 is 0. The van der Waals surface area contributed by atoms with Gasteiger partial charge in [-0.1, -0.05) is 0 Å². The average Bonchev–Trinajstić information content (AvgIpc) is 2.20. The largest absolute Gasteiger partial charge is 0.395 e. The van der Waals surface area contributed by atoms with Crippen LogP contribution in [-0.4, -0.2) is 71.9 Å². The van der Waals surface area contributed by atoms with Crippen molar-refractivity contribution in [2.24, 2.45) is 0 Å². The lowest BCUT2D eigenvalue weighted by molar-refractivity contribution is -0.0928. The summed E-state index contributed by atoms with van der Waals surface area (Å²) in [6, 6.07) is -0.367. The molecule has 3 atom stereocenters. The maximum Gasteiger partial charge on any atom is 0.0976 e. The Kier molecular flexibility index (Phi) is 4.77. The van der Waals surface area contributed by atoms with Crippen LogP contribution in [0, 0.1) is 0 Å². The predicted octanol–water partition coefficient (Wildman–Crippen LogP) is -1.58. The average molecular weight is 205 g/mol. The zero-order valence-electron chi connectivity index (χ0n) is 8.46. The fourth-order valence-electron chi connectivity index (χ4n) is 1.82. The molecule has 1 heterocycles. The van der Waals surface area contributed by atoms with E-state index in [4.69, 9.17) is 9.84 Å². The van der Waals surface area contributed by atoms with Crippen molar-refractivity contribution in [2.45, 2.75) is 24.7 Å². The first-order valence-corrected chi connectivity index (χ1v) is 4.90. The Hall–Kier alpha value is -0.200. The number of rotatable bonds is 4. The van der Waals surface area contributed by atoms with Crippen LogP contribution < -0.4 is 0 Å². The standard InChI is InChI=1S/C9H19NO4/c1-14-5-4-10-3-2-8(12)9(13)7(10)6-11/h7-9,11-13H,2-6H2,1H3. The second kappa shape index (κ2) is 5.63.